The van der Waals surface area contributed by atoms with Gasteiger partial charge in [0, 0.05) is 80.6 Å². The molecule has 0 aliphatic carbocycles. The number of nitrogens with two attached hydrogens (primary N) is 1. The van der Waals surface area contributed by atoms with E-state index in [-0.39, 0.29) is 18.0 Å². The van der Waals surface area contributed by atoms with Crippen LogP contribution in [0.2, 0.25) is 0 Å². The van der Waals surface area contributed by atoms with Gasteiger partial charge in [-0.15, -0.1) is 0 Å². The van der Waals surface area contributed by atoms with Crippen molar-refractivity contribution in [3.05, 3.63) is 65.4 Å². The highest BCUT2D eigenvalue weighted by atomic mass is 16.5. The lowest BCUT2D eigenvalue weighted by Gasteiger charge is -2.34. The summed E-state index contributed by atoms with van der Waals surface area (Å²) in [4.78, 5) is 27.1. The molecule has 8 heteroatoms. The van der Waals surface area contributed by atoms with E-state index in [1.165, 1.54) is 22.2 Å². The summed E-state index contributed by atoms with van der Waals surface area (Å²) in [5, 5.41) is 6.80. The Kier molecular flexibility index (Phi) is 10.0. The Hall–Kier alpha value is -3.36. The van der Waals surface area contributed by atoms with Crippen LogP contribution in [0.15, 0.2) is 48.5 Å². The first kappa shape index (κ1) is 28.6. The van der Waals surface area contributed by atoms with Crippen molar-refractivity contribution in [2.45, 2.75) is 64.5 Å². The van der Waals surface area contributed by atoms with Crippen LogP contribution in [0.5, 0.6) is 0 Å². The summed E-state index contributed by atoms with van der Waals surface area (Å²) in [6.45, 7) is 7.81. The van der Waals surface area contributed by atoms with Crippen LogP contribution >= 0.6 is 0 Å². The van der Waals surface area contributed by atoms with Gasteiger partial charge in [-0.1, -0.05) is 30.3 Å². The highest BCUT2D eigenvalue weighted by Gasteiger charge is 2.29. The van der Waals surface area contributed by atoms with Gasteiger partial charge in [0.15, 0.2) is 0 Å². The number of nitrogens with zero attached hydrogens (tertiary/aromatic N) is 2. The summed E-state index contributed by atoms with van der Waals surface area (Å²) in [6.07, 6.45) is 3.95. The van der Waals surface area contributed by atoms with Crippen LogP contribution in [0.4, 0.5) is 10.5 Å². The Morgan fingerprint density at radius 2 is 1.92 bits per heavy atom. The topological polar surface area (TPSA) is 102 Å². The zero-order valence-corrected chi connectivity index (χ0v) is 23.5. The zero-order chi connectivity index (χ0) is 27.8. The van der Waals surface area contributed by atoms with Gasteiger partial charge < -0.3 is 30.6 Å². The standard InChI is InChI=1S/C31H43N5O3/c1-4-33-31(38)34-26-14-12-23(13-15-26)19-25(32)20-29(37)35-16-7-9-24(21-35)30-22(2)27-10-5-6-11-28(27)36(30)17-8-18-39-3/h5-6,10-15,24-25H,4,7-9,16-21,32H2,1-3H3,(H2,33,34,38). The fourth-order valence-corrected chi connectivity index (χ4v) is 5.85. The predicted molar refractivity (Wildman–Crippen MR) is 157 cm³/mol. The number of nitrogens with one attached hydrogen (secondary N) is 2. The maximum absolute atomic E-state index is 13.3. The first-order valence-electron chi connectivity index (χ1n) is 14.1. The second-order valence-electron chi connectivity index (χ2n) is 10.6. The van der Waals surface area contributed by atoms with Crippen LogP contribution in [0.1, 0.15) is 55.3 Å². The number of hydrogen-bond donors (Lipinski definition) is 3. The number of aromatic nitrogens is 1. The normalized spacial score (nSPS) is 16.3. The Balaban J connectivity index is 1.39. The number of likely N-dealkylation sites (tertiary alicyclic amines) is 1. The predicted octanol–water partition coefficient (Wildman–Crippen LogP) is 4.79. The van der Waals surface area contributed by atoms with Crippen LogP contribution in [0, 0.1) is 6.92 Å². The smallest absolute Gasteiger partial charge is 0.319 e. The molecule has 39 heavy (non-hydrogen) atoms. The maximum atomic E-state index is 13.3. The molecule has 0 spiro atoms. The molecule has 2 atom stereocenters. The summed E-state index contributed by atoms with van der Waals surface area (Å²) < 4.78 is 7.79. The van der Waals surface area contributed by atoms with Gasteiger partial charge in [-0.25, -0.2) is 4.79 Å². The molecule has 3 amide bonds. The second kappa shape index (κ2) is 13.6. The molecule has 1 fully saturated rings. The third-order valence-corrected chi connectivity index (χ3v) is 7.65. The molecular weight excluding hydrogens is 490 g/mol. The Labute approximate surface area is 231 Å². The summed E-state index contributed by atoms with van der Waals surface area (Å²) in [5.74, 6) is 0.431. The monoisotopic (exact) mass is 533 g/mol. The minimum atomic E-state index is -0.262. The Morgan fingerprint density at radius 3 is 2.67 bits per heavy atom. The number of piperidine rings is 1. The molecule has 0 radical (unpaired) electrons. The van der Waals surface area contributed by atoms with E-state index in [4.69, 9.17) is 10.5 Å². The Morgan fingerprint density at radius 1 is 1.15 bits per heavy atom. The number of amides is 3. The van der Waals surface area contributed by atoms with E-state index >= 15 is 0 Å². The average Bonchev–Trinajstić information content (AvgIpc) is 3.21. The highest BCUT2D eigenvalue weighted by molar-refractivity contribution is 5.89. The Bertz CT molecular complexity index is 1250. The molecule has 2 heterocycles. The van der Waals surface area contributed by atoms with Crippen LogP contribution in [-0.2, 0) is 22.5 Å². The number of hydrogen-bond acceptors (Lipinski definition) is 4. The summed E-state index contributed by atoms with van der Waals surface area (Å²) in [6, 6.07) is 15.8. The fraction of sp³-hybridized carbons (Fsp3) is 0.484. The number of carbonyl (C=O) groups is 2. The molecule has 2 aromatic carbocycles. The molecular formula is C31H43N5O3. The minimum Gasteiger partial charge on any atom is -0.385 e. The SMILES string of the molecule is CCNC(=O)Nc1ccc(CC(N)CC(=O)N2CCCC(c3c(C)c4ccccc4n3CCCOC)C2)cc1. The van der Waals surface area contributed by atoms with Crippen molar-refractivity contribution in [3.63, 3.8) is 0 Å². The molecule has 210 valence electrons. The molecule has 1 aliphatic rings. The van der Waals surface area contributed by atoms with Gasteiger partial charge in [-0.2, -0.15) is 0 Å². The molecule has 2 unspecified atom stereocenters. The molecule has 1 aromatic heterocycles. The fourth-order valence-electron chi connectivity index (χ4n) is 5.85. The van der Waals surface area contributed by atoms with E-state index in [2.05, 4.69) is 46.4 Å². The van der Waals surface area contributed by atoms with E-state index < -0.39 is 0 Å². The third-order valence-electron chi connectivity index (χ3n) is 7.65. The van der Waals surface area contributed by atoms with E-state index in [0.717, 1.165) is 56.8 Å². The van der Waals surface area contributed by atoms with Crippen LogP contribution < -0.4 is 16.4 Å². The number of ether oxygens (including phenoxy) is 1. The second-order valence-corrected chi connectivity index (χ2v) is 10.6. The summed E-state index contributed by atoms with van der Waals surface area (Å²) in [5.41, 5.74) is 12.2. The lowest BCUT2D eigenvalue weighted by Crippen LogP contribution is -2.42. The number of anilines is 1. The highest BCUT2D eigenvalue weighted by Crippen LogP contribution is 2.36. The average molecular weight is 534 g/mol. The number of rotatable bonds is 11. The van der Waals surface area contributed by atoms with E-state index in [0.29, 0.717) is 25.3 Å². The van der Waals surface area contributed by atoms with Crippen molar-refractivity contribution in [2.75, 3.05) is 38.7 Å². The van der Waals surface area contributed by atoms with E-state index in [1.54, 1.807) is 7.11 Å². The van der Waals surface area contributed by atoms with Gasteiger partial charge in [0.2, 0.25) is 5.91 Å². The van der Waals surface area contributed by atoms with Crippen molar-refractivity contribution in [1.82, 2.24) is 14.8 Å². The molecule has 0 bridgehead atoms. The molecule has 4 rings (SSSR count). The van der Waals surface area contributed by atoms with Crippen molar-refractivity contribution in [3.8, 4) is 0 Å². The molecule has 8 nitrogen and oxygen atoms in total. The van der Waals surface area contributed by atoms with Crippen molar-refractivity contribution < 1.29 is 14.3 Å². The van der Waals surface area contributed by atoms with Crippen LogP contribution in [-0.4, -0.2) is 60.8 Å². The number of aryl methyl sites for hydroxylation is 2. The first-order valence-corrected chi connectivity index (χ1v) is 14.1. The quantitative estimate of drug-likeness (QED) is 0.308. The largest absolute Gasteiger partial charge is 0.385 e. The van der Waals surface area contributed by atoms with Gasteiger partial charge in [-0.05, 0) is 68.9 Å². The zero-order valence-electron chi connectivity index (χ0n) is 23.5. The number of para-hydroxylation sites is 1. The number of urea groups is 1. The number of methoxy groups -OCH3 is 1. The van der Waals surface area contributed by atoms with Gasteiger partial charge in [0.05, 0.1) is 0 Å². The lowest BCUT2D eigenvalue weighted by atomic mass is 9.91. The van der Waals surface area contributed by atoms with Crippen molar-refractivity contribution >= 4 is 28.5 Å². The summed E-state index contributed by atoms with van der Waals surface area (Å²) >= 11 is 0. The van der Waals surface area contributed by atoms with Crippen LogP contribution in [0.3, 0.4) is 0 Å². The number of benzene rings is 2. The van der Waals surface area contributed by atoms with Gasteiger partial charge in [0.1, 0.15) is 0 Å². The molecule has 3 aromatic rings. The van der Waals surface area contributed by atoms with E-state index in [9.17, 15) is 9.59 Å². The molecule has 0 saturated carbocycles. The molecule has 1 saturated heterocycles. The van der Waals surface area contributed by atoms with Gasteiger partial charge >= 0.3 is 6.03 Å². The lowest BCUT2D eigenvalue weighted by molar-refractivity contribution is -0.132. The molecule has 1 aliphatic heterocycles. The van der Waals surface area contributed by atoms with Gasteiger partial charge in [-0.3, -0.25) is 4.79 Å². The number of carbonyl (C=O) groups excluding carboxylic acids is 2. The maximum Gasteiger partial charge on any atom is 0.319 e. The van der Waals surface area contributed by atoms with Gasteiger partial charge in [0.25, 0.3) is 0 Å². The summed E-state index contributed by atoms with van der Waals surface area (Å²) in [7, 11) is 1.75. The van der Waals surface area contributed by atoms with Crippen molar-refractivity contribution in [2.24, 2.45) is 5.73 Å². The minimum absolute atomic E-state index is 0.126. The van der Waals surface area contributed by atoms with Crippen molar-refractivity contribution in [1.29, 1.82) is 0 Å². The first-order chi connectivity index (χ1) is 18.9. The van der Waals surface area contributed by atoms with E-state index in [1.807, 2.05) is 36.1 Å². The molecule has 4 N–H and O–H groups in total. The number of fused-ring (bicyclic) bond motifs is 1. The third kappa shape index (κ3) is 7.19. The van der Waals surface area contributed by atoms with Crippen LogP contribution in [0.25, 0.3) is 10.9 Å².